The summed E-state index contributed by atoms with van der Waals surface area (Å²) in [6.45, 7) is 3.25. The first-order valence-electron chi connectivity index (χ1n) is 4.62. The molecule has 0 aliphatic rings. The van der Waals surface area contributed by atoms with Crippen LogP contribution < -0.4 is 0 Å². The molecule has 0 aliphatic heterocycles. The number of carbonyl (C=O) groups is 1. The molecule has 1 aromatic carbocycles. The van der Waals surface area contributed by atoms with Crippen molar-refractivity contribution in [3.8, 4) is 17.6 Å². The Hall–Kier alpha value is -1.11. The molecule has 0 radical (unpaired) electrons. The Labute approximate surface area is 104 Å². The molecule has 16 heavy (non-hydrogen) atoms. The molecule has 0 aliphatic carbocycles. The van der Waals surface area contributed by atoms with Crippen molar-refractivity contribution >= 4 is 28.5 Å². The van der Waals surface area contributed by atoms with E-state index in [1.54, 1.807) is 19.1 Å². The van der Waals surface area contributed by atoms with Crippen LogP contribution in [0.2, 0.25) is 5.02 Å². The van der Waals surface area contributed by atoms with Crippen LogP contribution in [0.15, 0.2) is 12.1 Å². The maximum Gasteiger partial charge on any atom is 0.186 e. The fourth-order valence-corrected chi connectivity index (χ4v) is 1.72. The van der Waals surface area contributed by atoms with Gasteiger partial charge in [-0.05, 0) is 24.6 Å². The molecule has 0 heterocycles. The summed E-state index contributed by atoms with van der Waals surface area (Å²) in [6.07, 6.45) is 0. The summed E-state index contributed by atoms with van der Waals surface area (Å²) in [6, 6.07) is 3.28. The van der Waals surface area contributed by atoms with E-state index in [-0.39, 0.29) is 10.9 Å². The van der Waals surface area contributed by atoms with E-state index in [1.807, 2.05) is 0 Å². The second-order valence-corrected chi connectivity index (χ2v) is 4.79. The summed E-state index contributed by atoms with van der Waals surface area (Å²) in [5.41, 5.74) is 1.19. The highest BCUT2D eigenvalue weighted by Gasteiger charge is 2.03. The van der Waals surface area contributed by atoms with E-state index >= 15 is 0 Å². The topological polar surface area (TPSA) is 37.3 Å². The van der Waals surface area contributed by atoms with Crippen molar-refractivity contribution in [3.05, 3.63) is 28.3 Å². The molecular weight excluding hydrogens is 244 g/mol. The number of thioether (sulfide) groups is 1. The second-order valence-electron chi connectivity index (χ2n) is 3.20. The van der Waals surface area contributed by atoms with Crippen molar-refractivity contribution < 1.29 is 9.90 Å². The maximum absolute atomic E-state index is 10.7. The van der Waals surface area contributed by atoms with Crippen molar-refractivity contribution in [3.63, 3.8) is 0 Å². The van der Waals surface area contributed by atoms with Gasteiger partial charge in [-0.2, -0.15) is 0 Å². The molecule has 1 rings (SSSR count). The van der Waals surface area contributed by atoms with Crippen LogP contribution in [-0.4, -0.2) is 16.0 Å². The normalized spacial score (nSPS) is 9.44. The number of benzene rings is 1. The molecule has 0 saturated heterocycles. The number of aryl methyl sites for hydroxylation is 1. The smallest absolute Gasteiger partial charge is 0.186 e. The van der Waals surface area contributed by atoms with Crippen LogP contribution in [0.1, 0.15) is 18.1 Å². The fraction of sp³-hybridized carbons (Fsp3) is 0.250. The lowest BCUT2D eigenvalue weighted by Gasteiger charge is -2.01. The van der Waals surface area contributed by atoms with Gasteiger partial charge in [-0.25, -0.2) is 0 Å². The number of halogens is 1. The van der Waals surface area contributed by atoms with Gasteiger partial charge in [0.2, 0.25) is 0 Å². The van der Waals surface area contributed by atoms with Crippen LogP contribution in [0.25, 0.3) is 0 Å². The fourth-order valence-electron chi connectivity index (χ4n) is 1.10. The van der Waals surface area contributed by atoms with Crippen molar-refractivity contribution in [2.45, 2.75) is 13.8 Å². The second kappa shape index (κ2) is 5.83. The molecular formula is C12H11ClO2S. The first kappa shape index (κ1) is 13.0. The largest absolute Gasteiger partial charge is 0.506 e. The molecule has 0 atom stereocenters. The summed E-state index contributed by atoms with van der Waals surface area (Å²) in [5.74, 6) is 6.15. The van der Waals surface area contributed by atoms with E-state index < -0.39 is 0 Å². The third-order valence-corrected chi connectivity index (χ3v) is 2.75. The molecule has 4 heteroatoms. The van der Waals surface area contributed by atoms with E-state index in [0.717, 1.165) is 11.8 Å². The highest BCUT2D eigenvalue weighted by atomic mass is 35.5. The number of carbonyl (C=O) groups excluding carboxylic acids is 1. The Kier molecular flexibility index (Phi) is 4.72. The SMILES string of the molecule is CC(=O)SCC#Cc1cc(Cl)cc(C)c1O. The predicted octanol–water partition coefficient (Wildman–Crippen LogP) is 2.99. The van der Waals surface area contributed by atoms with Gasteiger partial charge in [0.05, 0.1) is 11.3 Å². The molecule has 0 spiro atoms. The minimum absolute atomic E-state index is 0.0285. The zero-order chi connectivity index (χ0) is 12.1. The Balaban J connectivity index is 2.84. The van der Waals surface area contributed by atoms with Crippen LogP contribution in [0.3, 0.4) is 0 Å². The van der Waals surface area contributed by atoms with E-state index in [2.05, 4.69) is 11.8 Å². The molecule has 0 fully saturated rings. The first-order valence-corrected chi connectivity index (χ1v) is 5.98. The van der Waals surface area contributed by atoms with Gasteiger partial charge in [0, 0.05) is 11.9 Å². The highest BCUT2D eigenvalue weighted by Crippen LogP contribution is 2.25. The van der Waals surface area contributed by atoms with Gasteiger partial charge >= 0.3 is 0 Å². The molecule has 0 unspecified atom stereocenters. The maximum atomic E-state index is 10.7. The monoisotopic (exact) mass is 254 g/mol. The minimum Gasteiger partial charge on any atom is -0.506 e. The molecule has 2 nitrogen and oxygen atoms in total. The van der Waals surface area contributed by atoms with Crippen molar-refractivity contribution in [1.29, 1.82) is 0 Å². The van der Waals surface area contributed by atoms with Crippen molar-refractivity contribution in [2.75, 3.05) is 5.75 Å². The number of hydrogen-bond donors (Lipinski definition) is 1. The molecule has 1 N–H and O–H groups in total. The Bertz CT molecular complexity index is 472. The number of rotatable bonds is 1. The van der Waals surface area contributed by atoms with Gasteiger partial charge < -0.3 is 5.11 Å². The third-order valence-electron chi connectivity index (χ3n) is 1.84. The number of phenols is 1. The lowest BCUT2D eigenvalue weighted by molar-refractivity contribution is -0.109. The minimum atomic E-state index is 0.0285. The Morgan fingerprint density at radius 2 is 2.25 bits per heavy atom. The zero-order valence-electron chi connectivity index (χ0n) is 9.00. The molecule has 0 amide bonds. The number of phenolic OH excluding ortho intramolecular Hbond substituents is 1. The molecule has 1 aromatic rings. The average Bonchev–Trinajstić information content (AvgIpc) is 2.19. The van der Waals surface area contributed by atoms with Crippen molar-refractivity contribution in [2.24, 2.45) is 0 Å². The molecule has 0 saturated carbocycles. The number of hydrogen-bond acceptors (Lipinski definition) is 3. The van der Waals surface area contributed by atoms with Crippen LogP contribution in [-0.2, 0) is 4.79 Å². The van der Waals surface area contributed by atoms with Gasteiger partial charge in [-0.3, -0.25) is 4.79 Å². The van der Waals surface area contributed by atoms with Gasteiger partial charge in [0.25, 0.3) is 0 Å². The summed E-state index contributed by atoms with van der Waals surface area (Å²) in [4.78, 5) is 10.7. The van der Waals surface area contributed by atoms with Crippen LogP contribution in [0.4, 0.5) is 0 Å². The van der Waals surface area contributed by atoms with Gasteiger partial charge in [-0.15, -0.1) is 0 Å². The summed E-state index contributed by atoms with van der Waals surface area (Å²) >= 11 is 6.98. The van der Waals surface area contributed by atoms with E-state index in [0.29, 0.717) is 21.9 Å². The van der Waals surface area contributed by atoms with E-state index in [4.69, 9.17) is 11.6 Å². The first-order chi connectivity index (χ1) is 7.50. The van der Waals surface area contributed by atoms with Gasteiger partial charge in [0.15, 0.2) is 5.12 Å². The lowest BCUT2D eigenvalue weighted by atomic mass is 10.1. The lowest BCUT2D eigenvalue weighted by Crippen LogP contribution is -1.84. The van der Waals surface area contributed by atoms with Crippen LogP contribution in [0, 0.1) is 18.8 Å². The number of aromatic hydroxyl groups is 1. The molecule has 84 valence electrons. The van der Waals surface area contributed by atoms with Gasteiger partial charge in [0.1, 0.15) is 5.75 Å². The highest BCUT2D eigenvalue weighted by molar-refractivity contribution is 8.13. The Morgan fingerprint density at radius 3 is 2.88 bits per heavy atom. The van der Waals surface area contributed by atoms with Crippen LogP contribution in [0.5, 0.6) is 5.75 Å². The van der Waals surface area contributed by atoms with Crippen molar-refractivity contribution in [1.82, 2.24) is 0 Å². The zero-order valence-corrected chi connectivity index (χ0v) is 10.6. The average molecular weight is 255 g/mol. The van der Waals surface area contributed by atoms with E-state index in [1.165, 1.54) is 6.92 Å². The predicted molar refractivity (Wildman–Crippen MR) is 67.9 cm³/mol. The summed E-state index contributed by atoms with van der Waals surface area (Å²) in [7, 11) is 0. The summed E-state index contributed by atoms with van der Waals surface area (Å²) in [5, 5.41) is 10.3. The quantitative estimate of drug-likeness (QED) is 0.783. The van der Waals surface area contributed by atoms with Gasteiger partial charge in [-0.1, -0.05) is 35.2 Å². The summed E-state index contributed by atoms with van der Waals surface area (Å²) < 4.78 is 0. The molecule has 0 aromatic heterocycles. The standard InChI is InChI=1S/C12H11ClO2S/c1-8-6-11(13)7-10(12(8)15)4-3-5-16-9(2)14/h6-7,15H,5H2,1-2H3. The molecule has 0 bridgehead atoms. The van der Waals surface area contributed by atoms with Crippen LogP contribution >= 0.6 is 23.4 Å². The Morgan fingerprint density at radius 1 is 1.56 bits per heavy atom. The van der Waals surface area contributed by atoms with E-state index in [9.17, 15) is 9.90 Å². The third kappa shape index (κ3) is 3.80.